The van der Waals surface area contributed by atoms with E-state index in [0.29, 0.717) is 31.6 Å². The van der Waals surface area contributed by atoms with E-state index in [1.54, 1.807) is 18.2 Å². The van der Waals surface area contributed by atoms with Crippen molar-refractivity contribution in [3.8, 4) is 11.4 Å². The molecule has 1 aliphatic rings. The number of esters is 1. The summed E-state index contributed by atoms with van der Waals surface area (Å²) < 4.78 is 5.84. The van der Waals surface area contributed by atoms with Crippen LogP contribution in [0.15, 0.2) is 35.1 Å². The largest absolute Gasteiger partial charge is 0.505 e. The first-order valence-corrected chi connectivity index (χ1v) is 8.68. The maximum absolute atomic E-state index is 12.8. The Morgan fingerprint density at radius 3 is 2.56 bits per heavy atom. The third-order valence-electron chi connectivity index (χ3n) is 4.68. The molecule has 142 valence electrons. The summed E-state index contributed by atoms with van der Waals surface area (Å²) in [6, 6.07) is 8.12. The molecule has 2 aromatic rings. The SMILES string of the molecule is COC(=O)C1CCN(C(=O)c2nn(-c3cccc(C)c3)c(=O)cc2O)CC1. The van der Waals surface area contributed by atoms with Gasteiger partial charge in [-0.3, -0.25) is 14.4 Å². The summed E-state index contributed by atoms with van der Waals surface area (Å²) in [6.45, 7) is 2.58. The molecule has 1 saturated heterocycles. The van der Waals surface area contributed by atoms with Crippen LogP contribution in [0.2, 0.25) is 0 Å². The van der Waals surface area contributed by atoms with Crippen molar-refractivity contribution < 1.29 is 19.4 Å². The predicted molar refractivity (Wildman–Crippen MR) is 96.9 cm³/mol. The third kappa shape index (κ3) is 3.84. The Kier molecular flexibility index (Phi) is 5.25. The number of amides is 1. The van der Waals surface area contributed by atoms with Crippen molar-refractivity contribution in [3.05, 3.63) is 51.9 Å². The molecule has 8 heteroatoms. The number of nitrogens with zero attached hydrogens (tertiary/aromatic N) is 3. The predicted octanol–water partition coefficient (Wildman–Crippen LogP) is 1.27. The number of likely N-dealkylation sites (tertiary alicyclic amines) is 1. The molecule has 2 heterocycles. The molecule has 1 amide bonds. The van der Waals surface area contributed by atoms with Gasteiger partial charge in [0.1, 0.15) is 0 Å². The van der Waals surface area contributed by atoms with E-state index in [1.807, 2.05) is 13.0 Å². The van der Waals surface area contributed by atoms with Crippen molar-refractivity contribution in [3.63, 3.8) is 0 Å². The fraction of sp³-hybridized carbons (Fsp3) is 0.368. The Morgan fingerprint density at radius 2 is 1.93 bits per heavy atom. The van der Waals surface area contributed by atoms with Crippen molar-refractivity contribution in [2.45, 2.75) is 19.8 Å². The van der Waals surface area contributed by atoms with Crippen molar-refractivity contribution in [1.29, 1.82) is 0 Å². The lowest BCUT2D eigenvalue weighted by Gasteiger charge is -2.30. The summed E-state index contributed by atoms with van der Waals surface area (Å²) >= 11 is 0. The molecule has 0 unspecified atom stereocenters. The Morgan fingerprint density at radius 1 is 1.22 bits per heavy atom. The summed E-state index contributed by atoms with van der Waals surface area (Å²) in [5.74, 6) is -1.45. The summed E-state index contributed by atoms with van der Waals surface area (Å²) in [5.41, 5.74) is 0.733. The van der Waals surface area contributed by atoms with Crippen molar-refractivity contribution in [2.24, 2.45) is 5.92 Å². The number of benzene rings is 1. The highest BCUT2D eigenvalue weighted by Gasteiger charge is 2.30. The van der Waals surface area contributed by atoms with E-state index in [4.69, 9.17) is 4.74 Å². The highest BCUT2D eigenvalue weighted by molar-refractivity contribution is 5.94. The number of methoxy groups -OCH3 is 1. The number of hydrogen-bond donors (Lipinski definition) is 1. The second-order valence-electron chi connectivity index (χ2n) is 6.56. The molecular weight excluding hydrogens is 350 g/mol. The first-order chi connectivity index (χ1) is 12.9. The van der Waals surface area contributed by atoms with Crippen LogP contribution in [0.1, 0.15) is 28.9 Å². The molecule has 1 aromatic heterocycles. The number of aryl methyl sites for hydroxylation is 1. The van der Waals surface area contributed by atoms with Crippen molar-refractivity contribution in [2.75, 3.05) is 20.2 Å². The average molecular weight is 371 g/mol. The molecule has 1 aromatic carbocycles. The lowest BCUT2D eigenvalue weighted by atomic mass is 9.97. The number of carbonyl (C=O) groups is 2. The third-order valence-corrected chi connectivity index (χ3v) is 4.68. The van der Waals surface area contributed by atoms with Crippen LogP contribution in [0.4, 0.5) is 0 Å². The van der Waals surface area contributed by atoms with Gasteiger partial charge in [-0.25, -0.2) is 0 Å². The highest BCUT2D eigenvalue weighted by atomic mass is 16.5. The van der Waals surface area contributed by atoms with Gasteiger partial charge in [-0.05, 0) is 37.5 Å². The van der Waals surface area contributed by atoms with E-state index in [0.717, 1.165) is 16.3 Å². The number of ether oxygens (including phenoxy) is 1. The van der Waals surface area contributed by atoms with Gasteiger partial charge in [-0.2, -0.15) is 9.78 Å². The molecule has 8 nitrogen and oxygen atoms in total. The van der Waals surface area contributed by atoms with Crippen LogP contribution in [0.3, 0.4) is 0 Å². The van der Waals surface area contributed by atoms with Gasteiger partial charge in [0.05, 0.1) is 18.7 Å². The average Bonchev–Trinajstić information content (AvgIpc) is 2.67. The Hall–Kier alpha value is -3.16. The summed E-state index contributed by atoms with van der Waals surface area (Å²) in [7, 11) is 1.34. The van der Waals surface area contributed by atoms with Gasteiger partial charge in [0.2, 0.25) is 0 Å². The van der Waals surface area contributed by atoms with E-state index in [-0.39, 0.29) is 17.6 Å². The van der Waals surface area contributed by atoms with E-state index in [9.17, 15) is 19.5 Å². The number of rotatable bonds is 3. The molecule has 1 N–H and O–H groups in total. The lowest BCUT2D eigenvalue weighted by Crippen LogP contribution is -2.41. The molecule has 0 saturated carbocycles. The van der Waals surface area contributed by atoms with Crippen LogP contribution < -0.4 is 5.56 Å². The molecule has 1 aliphatic heterocycles. The van der Waals surface area contributed by atoms with Gasteiger partial charge in [-0.15, -0.1) is 0 Å². The van der Waals surface area contributed by atoms with E-state index >= 15 is 0 Å². The molecule has 0 spiro atoms. The van der Waals surface area contributed by atoms with Gasteiger partial charge in [-0.1, -0.05) is 12.1 Å². The molecule has 27 heavy (non-hydrogen) atoms. The van der Waals surface area contributed by atoms with Crippen LogP contribution in [0.5, 0.6) is 5.75 Å². The fourth-order valence-corrected chi connectivity index (χ4v) is 3.18. The van der Waals surface area contributed by atoms with Gasteiger partial charge < -0.3 is 14.7 Å². The zero-order chi connectivity index (χ0) is 19.6. The monoisotopic (exact) mass is 371 g/mol. The minimum absolute atomic E-state index is 0.187. The summed E-state index contributed by atoms with van der Waals surface area (Å²) in [4.78, 5) is 38.2. The van der Waals surface area contributed by atoms with Crippen molar-refractivity contribution >= 4 is 11.9 Å². The van der Waals surface area contributed by atoms with Crippen LogP contribution in [0.25, 0.3) is 5.69 Å². The maximum Gasteiger partial charge on any atom is 0.308 e. The normalized spacial score (nSPS) is 14.8. The Balaban J connectivity index is 1.86. The van der Waals surface area contributed by atoms with Gasteiger partial charge >= 0.3 is 5.97 Å². The van der Waals surface area contributed by atoms with Gasteiger partial charge in [0.15, 0.2) is 11.4 Å². The minimum atomic E-state index is -0.529. The van der Waals surface area contributed by atoms with E-state index in [2.05, 4.69) is 5.10 Å². The fourth-order valence-electron chi connectivity index (χ4n) is 3.18. The Bertz CT molecular complexity index is 929. The van der Waals surface area contributed by atoms with Gasteiger partial charge in [0, 0.05) is 19.2 Å². The second kappa shape index (κ2) is 7.61. The van der Waals surface area contributed by atoms with E-state index < -0.39 is 17.2 Å². The first-order valence-electron chi connectivity index (χ1n) is 8.68. The molecule has 1 fully saturated rings. The summed E-state index contributed by atoms with van der Waals surface area (Å²) in [6.07, 6.45) is 0.966. The first kappa shape index (κ1) is 18.6. The summed E-state index contributed by atoms with van der Waals surface area (Å²) in [5, 5.41) is 14.2. The second-order valence-corrected chi connectivity index (χ2v) is 6.56. The Labute approximate surface area is 156 Å². The number of piperidine rings is 1. The molecule has 0 bridgehead atoms. The molecular formula is C19H21N3O5. The maximum atomic E-state index is 12.8. The number of carbonyl (C=O) groups excluding carboxylic acids is 2. The van der Waals surface area contributed by atoms with Crippen LogP contribution in [-0.2, 0) is 9.53 Å². The van der Waals surface area contributed by atoms with Crippen LogP contribution in [0, 0.1) is 12.8 Å². The van der Waals surface area contributed by atoms with E-state index in [1.165, 1.54) is 12.0 Å². The molecule has 3 rings (SSSR count). The smallest absolute Gasteiger partial charge is 0.308 e. The van der Waals surface area contributed by atoms with Crippen LogP contribution in [-0.4, -0.2) is 51.9 Å². The zero-order valence-electron chi connectivity index (χ0n) is 15.2. The number of hydrogen-bond acceptors (Lipinski definition) is 6. The quantitative estimate of drug-likeness (QED) is 0.816. The lowest BCUT2D eigenvalue weighted by molar-refractivity contribution is -0.146. The van der Waals surface area contributed by atoms with Crippen molar-refractivity contribution in [1.82, 2.24) is 14.7 Å². The standard InChI is InChI=1S/C19H21N3O5/c1-12-4-3-5-14(10-12)22-16(24)11-15(23)17(20-22)18(25)21-8-6-13(7-9-21)19(26)27-2/h3-5,10-11,13,23H,6-9H2,1-2H3. The minimum Gasteiger partial charge on any atom is -0.505 e. The van der Waals surface area contributed by atoms with Gasteiger partial charge in [0.25, 0.3) is 11.5 Å². The highest BCUT2D eigenvalue weighted by Crippen LogP contribution is 2.22. The molecule has 0 atom stereocenters. The number of aromatic nitrogens is 2. The number of aromatic hydroxyl groups is 1. The zero-order valence-corrected chi connectivity index (χ0v) is 15.2. The topological polar surface area (TPSA) is 102 Å². The molecule has 0 aliphatic carbocycles. The molecule has 0 radical (unpaired) electrons. The van der Waals surface area contributed by atoms with Crippen LogP contribution >= 0.6 is 0 Å².